The van der Waals surface area contributed by atoms with E-state index in [0.717, 1.165) is 25.9 Å². The maximum atomic E-state index is 12.2. The highest BCUT2D eigenvalue weighted by molar-refractivity contribution is 5.76. The summed E-state index contributed by atoms with van der Waals surface area (Å²) in [4.78, 5) is 16.6. The summed E-state index contributed by atoms with van der Waals surface area (Å²) >= 11 is 0. The molecule has 0 spiro atoms. The average molecular weight is 267 g/mol. The Morgan fingerprint density at radius 3 is 2.58 bits per heavy atom. The molecule has 110 valence electrons. The number of carbonyl (C=O) groups is 1. The molecule has 1 saturated heterocycles. The lowest BCUT2D eigenvalue weighted by molar-refractivity contribution is -0.131. The Labute approximate surface area is 117 Å². The van der Waals surface area contributed by atoms with Crippen molar-refractivity contribution in [2.24, 2.45) is 11.7 Å². The monoisotopic (exact) mass is 267 g/mol. The Kier molecular flexibility index (Phi) is 5.64. The topological polar surface area (TPSA) is 49.6 Å². The van der Waals surface area contributed by atoms with Crippen molar-refractivity contribution in [3.8, 4) is 0 Å². The molecule has 0 bridgehead atoms. The normalized spacial score (nSPS) is 28.5. The van der Waals surface area contributed by atoms with Crippen LogP contribution in [-0.4, -0.2) is 55.0 Å². The van der Waals surface area contributed by atoms with Crippen molar-refractivity contribution in [1.29, 1.82) is 0 Å². The summed E-state index contributed by atoms with van der Waals surface area (Å²) in [6, 6.07) is 0.240. The van der Waals surface area contributed by atoms with Gasteiger partial charge in [0.25, 0.3) is 0 Å². The molecule has 1 heterocycles. The van der Waals surface area contributed by atoms with Gasteiger partial charge >= 0.3 is 0 Å². The Morgan fingerprint density at radius 2 is 1.89 bits per heavy atom. The van der Waals surface area contributed by atoms with Crippen LogP contribution in [0.15, 0.2) is 0 Å². The van der Waals surface area contributed by atoms with E-state index in [1.165, 1.54) is 38.8 Å². The van der Waals surface area contributed by atoms with Gasteiger partial charge in [-0.1, -0.05) is 12.8 Å². The predicted octanol–water partition coefficient (Wildman–Crippen LogP) is 1.45. The Bertz CT molecular complexity index is 289. The van der Waals surface area contributed by atoms with Gasteiger partial charge in [-0.2, -0.15) is 0 Å². The second kappa shape index (κ2) is 7.25. The van der Waals surface area contributed by atoms with Gasteiger partial charge in [0, 0.05) is 32.6 Å². The summed E-state index contributed by atoms with van der Waals surface area (Å²) < 4.78 is 0. The third-order valence-corrected chi connectivity index (χ3v) is 4.78. The van der Waals surface area contributed by atoms with Crippen molar-refractivity contribution in [2.75, 3.05) is 33.2 Å². The van der Waals surface area contributed by atoms with Crippen LogP contribution in [0.25, 0.3) is 0 Å². The lowest BCUT2D eigenvalue weighted by atomic mass is 9.83. The van der Waals surface area contributed by atoms with Crippen LogP contribution >= 0.6 is 0 Å². The molecule has 2 rings (SSSR count). The summed E-state index contributed by atoms with van der Waals surface area (Å²) in [5, 5.41) is 0. The van der Waals surface area contributed by atoms with E-state index in [1.807, 2.05) is 11.9 Å². The van der Waals surface area contributed by atoms with Crippen LogP contribution in [0, 0.1) is 5.92 Å². The molecule has 0 aromatic heterocycles. The molecule has 1 saturated carbocycles. The average Bonchev–Trinajstić information content (AvgIpc) is 2.91. The molecule has 1 aliphatic carbocycles. The van der Waals surface area contributed by atoms with Crippen molar-refractivity contribution >= 4 is 5.91 Å². The number of hydrogen-bond acceptors (Lipinski definition) is 3. The summed E-state index contributed by atoms with van der Waals surface area (Å²) in [6.07, 6.45) is 7.98. The Balaban J connectivity index is 1.68. The molecule has 2 aliphatic rings. The number of carbonyl (C=O) groups excluding carboxylic acids is 1. The maximum Gasteiger partial charge on any atom is 0.222 e. The van der Waals surface area contributed by atoms with E-state index in [0.29, 0.717) is 12.3 Å². The summed E-state index contributed by atoms with van der Waals surface area (Å²) in [7, 11) is 1.94. The zero-order valence-electron chi connectivity index (χ0n) is 12.3. The number of nitrogens with zero attached hydrogens (tertiary/aromatic N) is 2. The van der Waals surface area contributed by atoms with E-state index < -0.39 is 0 Å². The van der Waals surface area contributed by atoms with Crippen LogP contribution < -0.4 is 5.73 Å². The minimum absolute atomic E-state index is 0.240. The summed E-state index contributed by atoms with van der Waals surface area (Å²) in [6.45, 7) is 4.30. The summed E-state index contributed by atoms with van der Waals surface area (Å²) in [5.41, 5.74) is 6.12. The van der Waals surface area contributed by atoms with Crippen LogP contribution in [0.4, 0.5) is 0 Å². The molecule has 2 N–H and O–H groups in total. The fourth-order valence-corrected chi connectivity index (χ4v) is 3.29. The number of hydrogen-bond donors (Lipinski definition) is 1. The molecule has 2 fully saturated rings. The molecule has 0 aromatic rings. The first-order valence-electron chi connectivity index (χ1n) is 7.88. The van der Waals surface area contributed by atoms with Gasteiger partial charge in [0.05, 0.1) is 0 Å². The molecule has 19 heavy (non-hydrogen) atoms. The number of amides is 1. The minimum Gasteiger partial charge on any atom is -0.344 e. The number of nitrogens with two attached hydrogens (primary N) is 1. The molecule has 4 nitrogen and oxygen atoms in total. The van der Waals surface area contributed by atoms with Gasteiger partial charge in [-0.3, -0.25) is 4.79 Å². The van der Waals surface area contributed by atoms with Gasteiger partial charge in [0.1, 0.15) is 0 Å². The molecule has 4 heteroatoms. The Morgan fingerprint density at radius 1 is 1.21 bits per heavy atom. The second-order valence-corrected chi connectivity index (χ2v) is 6.28. The van der Waals surface area contributed by atoms with Crippen LogP contribution in [0.1, 0.15) is 44.9 Å². The fraction of sp³-hybridized carbons (Fsp3) is 0.933. The highest BCUT2D eigenvalue weighted by Gasteiger charge is 2.25. The molecule has 1 aliphatic heterocycles. The van der Waals surface area contributed by atoms with E-state index in [4.69, 9.17) is 5.73 Å². The highest BCUT2D eigenvalue weighted by Crippen LogP contribution is 2.26. The largest absolute Gasteiger partial charge is 0.344 e. The van der Waals surface area contributed by atoms with E-state index in [-0.39, 0.29) is 11.9 Å². The molecular formula is C15H29N3O. The smallest absolute Gasteiger partial charge is 0.222 e. The quantitative estimate of drug-likeness (QED) is 0.820. The molecule has 0 radical (unpaired) electrons. The highest BCUT2D eigenvalue weighted by atomic mass is 16.2. The Hall–Kier alpha value is -0.610. The van der Waals surface area contributed by atoms with Crippen molar-refractivity contribution in [2.45, 2.75) is 51.0 Å². The van der Waals surface area contributed by atoms with Crippen molar-refractivity contribution in [1.82, 2.24) is 9.80 Å². The predicted molar refractivity (Wildman–Crippen MR) is 77.9 cm³/mol. The molecule has 1 amide bonds. The van der Waals surface area contributed by atoms with Gasteiger partial charge in [-0.25, -0.2) is 0 Å². The first kappa shape index (κ1) is 14.8. The van der Waals surface area contributed by atoms with Gasteiger partial charge < -0.3 is 15.5 Å². The lowest BCUT2D eigenvalue weighted by Crippen LogP contribution is -2.39. The summed E-state index contributed by atoms with van der Waals surface area (Å²) in [5.74, 6) is 0.692. The van der Waals surface area contributed by atoms with E-state index in [1.54, 1.807) is 0 Å². The zero-order chi connectivity index (χ0) is 13.7. The fourth-order valence-electron chi connectivity index (χ4n) is 3.29. The van der Waals surface area contributed by atoms with Gasteiger partial charge in [-0.15, -0.1) is 0 Å². The molecule has 0 aromatic carbocycles. The number of likely N-dealkylation sites (tertiary alicyclic amines) is 1. The van der Waals surface area contributed by atoms with Crippen LogP contribution in [0.5, 0.6) is 0 Å². The molecule has 2 atom stereocenters. The van der Waals surface area contributed by atoms with Gasteiger partial charge in [0.15, 0.2) is 0 Å². The van der Waals surface area contributed by atoms with E-state index in [2.05, 4.69) is 4.90 Å². The van der Waals surface area contributed by atoms with Crippen molar-refractivity contribution < 1.29 is 4.79 Å². The third kappa shape index (κ3) is 4.46. The first-order valence-corrected chi connectivity index (χ1v) is 7.88. The van der Waals surface area contributed by atoms with Crippen LogP contribution in [0.2, 0.25) is 0 Å². The molecule has 2 unspecified atom stereocenters. The van der Waals surface area contributed by atoms with Crippen LogP contribution in [-0.2, 0) is 4.79 Å². The SMILES string of the molecule is CN(CCN1CCCC1)C(=O)CC1CCCCC1N. The molecular weight excluding hydrogens is 238 g/mol. The van der Waals surface area contributed by atoms with Crippen molar-refractivity contribution in [3.63, 3.8) is 0 Å². The first-order chi connectivity index (χ1) is 9.16. The second-order valence-electron chi connectivity index (χ2n) is 6.28. The maximum absolute atomic E-state index is 12.2. The zero-order valence-corrected chi connectivity index (χ0v) is 12.3. The van der Waals surface area contributed by atoms with Crippen molar-refractivity contribution in [3.05, 3.63) is 0 Å². The standard InChI is InChI=1S/C15H29N3O/c1-17(10-11-18-8-4-5-9-18)15(19)12-13-6-2-3-7-14(13)16/h13-14H,2-12,16H2,1H3. The number of likely N-dealkylation sites (N-methyl/N-ethyl adjacent to an activating group) is 1. The van der Waals surface area contributed by atoms with E-state index >= 15 is 0 Å². The van der Waals surface area contributed by atoms with Gasteiger partial charge in [0.2, 0.25) is 5.91 Å². The van der Waals surface area contributed by atoms with Gasteiger partial charge in [-0.05, 0) is 44.7 Å². The third-order valence-electron chi connectivity index (χ3n) is 4.78. The lowest BCUT2D eigenvalue weighted by Gasteiger charge is -2.30. The number of rotatable bonds is 5. The minimum atomic E-state index is 0.240. The van der Waals surface area contributed by atoms with Crippen LogP contribution in [0.3, 0.4) is 0 Å². The van der Waals surface area contributed by atoms with E-state index in [9.17, 15) is 4.79 Å².